The summed E-state index contributed by atoms with van der Waals surface area (Å²) in [5.41, 5.74) is 3.43. The Labute approximate surface area is 141 Å². The molecule has 4 nitrogen and oxygen atoms in total. The maximum atomic E-state index is 9.58. The van der Waals surface area contributed by atoms with E-state index in [0.717, 1.165) is 34.2 Å². The van der Waals surface area contributed by atoms with Crippen molar-refractivity contribution in [1.82, 2.24) is 4.57 Å². The smallest absolute Gasteiger partial charge is 0.120 e. The number of rotatable bonds is 7. The van der Waals surface area contributed by atoms with Gasteiger partial charge in [0.15, 0.2) is 0 Å². The molecule has 2 N–H and O–H groups in total. The summed E-state index contributed by atoms with van der Waals surface area (Å²) in [4.78, 5) is 0. The van der Waals surface area contributed by atoms with Crippen molar-refractivity contribution in [3.05, 3.63) is 65.9 Å². The van der Waals surface area contributed by atoms with Crippen molar-refractivity contribution in [3.63, 3.8) is 0 Å². The van der Waals surface area contributed by atoms with Gasteiger partial charge in [-0.1, -0.05) is 30.3 Å². The van der Waals surface area contributed by atoms with E-state index in [9.17, 15) is 5.11 Å². The lowest BCUT2D eigenvalue weighted by molar-refractivity contribution is 0.0886. The summed E-state index contributed by atoms with van der Waals surface area (Å²) in [5, 5.41) is 19.7. The second kappa shape index (κ2) is 7.51. The molecule has 4 heteroatoms. The Morgan fingerprint density at radius 1 is 1.12 bits per heavy atom. The van der Waals surface area contributed by atoms with E-state index in [0.29, 0.717) is 13.0 Å². The molecule has 0 saturated heterocycles. The van der Waals surface area contributed by atoms with E-state index in [1.807, 2.05) is 43.4 Å². The van der Waals surface area contributed by atoms with Gasteiger partial charge in [0.25, 0.3) is 0 Å². The minimum absolute atomic E-state index is 0.198. The van der Waals surface area contributed by atoms with Crippen molar-refractivity contribution in [1.29, 1.82) is 0 Å². The van der Waals surface area contributed by atoms with E-state index in [4.69, 9.17) is 9.84 Å². The minimum Gasteiger partial charge on any atom is -0.489 e. The van der Waals surface area contributed by atoms with Crippen LogP contribution in [0.2, 0.25) is 0 Å². The van der Waals surface area contributed by atoms with Crippen molar-refractivity contribution < 1.29 is 14.9 Å². The Morgan fingerprint density at radius 2 is 1.92 bits per heavy atom. The summed E-state index contributed by atoms with van der Waals surface area (Å²) in [5.74, 6) is 0.835. The summed E-state index contributed by atoms with van der Waals surface area (Å²) in [6.07, 6.45) is 2.68. The van der Waals surface area contributed by atoms with Crippen LogP contribution in [0.3, 0.4) is 0 Å². The van der Waals surface area contributed by atoms with Gasteiger partial charge in [0.2, 0.25) is 0 Å². The number of aliphatic hydroxyl groups is 2. The Morgan fingerprint density at radius 3 is 2.67 bits per heavy atom. The average molecular weight is 325 g/mol. The Balaban J connectivity index is 1.78. The minimum atomic E-state index is -0.669. The number of hydrogen-bond donors (Lipinski definition) is 2. The van der Waals surface area contributed by atoms with Crippen molar-refractivity contribution in [2.75, 3.05) is 6.61 Å². The molecule has 0 bridgehead atoms. The van der Waals surface area contributed by atoms with E-state index in [1.54, 1.807) is 0 Å². The zero-order valence-corrected chi connectivity index (χ0v) is 13.9. The summed E-state index contributed by atoms with van der Waals surface area (Å²) in [6.45, 7) is 0.341. The van der Waals surface area contributed by atoms with Gasteiger partial charge in [0.1, 0.15) is 12.4 Å². The first-order valence-corrected chi connectivity index (χ1v) is 8.21. The average Bonchev–Trinajstić information content (AvgIpc) is 2.94. The lowest BCUT2D eigenvalue weighted by Crippen LogP contribution is -2.12. The van der Waals surface area contributed by atoms with Crippen molar-refractivity contribution in [2.45, 2.75) is 25.6 Å². The molecule has 3 rings (SSSR count). The molecule has 0 aliphatic carbocycles. The number of aliphatic hydroxyl groups excluding tert-OH is 2. The third-order valence-corrected chi connectivity index (χ3v) is 4.25. The van der Waals surface area contributed by atoms with Gasteiger partial charge in [0, 0.05) is 24.1 Å². The fourth-order valence-electron chi connectivity index (χ4n) is 2.90. The van der Waals surface area contributed by atoms with Gasteiger partial charge in [-0.05, 0) is 42.2 Å². The lowest BCUT2D eigenvalue weighted by Gasteiger charge is -2.08. The molecule has 3 aromatic rings. The van der Waals surface area contributed by atoms with E-state index >= 15 is 0 Å². The molecule has 0 amide bonds. The number of aryl methyl sites for hydroxylation is 2. The molecule has 0 saturated carbocycles. The third-order valence-electron chi connectivity index (χ3n) is 4.25. The fourth-order valence-corrected chi connectivity index (χ4v) is 2.90. The quantitative estimate of drug-likeness (QED) is 0.702. The molecule has 0 aliphatic heterocycles. The van der Waals surface area contributed by atoms with Gasteiger partial charge in [0.05, 0.1) is 12.7 Å². The predicted octanol–water partition coefficient (Wildman–Crippen LogP) is 3.04. The normalized spacial score (nSPS) is 12.5. The highest BCUT2D eigenvalue weighted by atomic mass is 16.5. The van der Waals surface area contributed by atoms with Gasteiger partial charge >= 0.3 is 0 Å². The second-order valence-electron chi connectivity index (χ2n) is 6.09. The summed E-state index contributed by atoms with van der Waals surface area (Å²) >= 11 is 0. The number of nitrogens with zero attached hydrogens (tertiary/aromatic N) is 1. The van der Waals surface area contributed by atoms with Crippen molar-refractivity contribution in [2.24, 2.45) is 7.05 Å². The van der Waals surface area contributed by atoms with Crippen LogP contribution in [0.4, 0.5) is 0 Å². The Hall–Kier alpha value is -2.30. The lowest BCUT2D eigenvalue weighted by atomic mass is 10.1. The molecule has 2 aromatic carbocycles. The number of fused-ring (bicyclic) bond motifs is 1. The molecule has 1 aromatic heterocycles. The first-order chi connectivity index (χ1) is 11.7. The van der Waals surface area contributed by atoms with Crippen LogP contribution < -0.4 is 4.74 Å². The monoisotopic (exact) mass is 325 g/mol. The molecule has 1 heterocycles. The van der Waals surface area contributed by atoms with Gasteiger partial charge < -0.3 is 19.5 Å². The largest absolute Gasteiger partial charge is 0.489 e. The molecule has 0 aliphatic rings. The molecule has 0 radical (unpaired) electrons. The van der Waals surface area contributed by atoms with Crippen LogP contribution in [-0.4, -0.2) is 27.5 Å². The highest BCUT2D eigenvalue weighted by Crippen LogP contribution is 2.27. The van der Waals surface area contributed by atoms with Crippen LogP contribution in [0.25, 0.3) is 10.9 Å². The first-order valence-electron chi connectivity index (χ1n) is 8.21. The molecule has 1 atom stereocenters. The van der Waals surface area contributed by atoms with Crippen LogP contribution in [0.15, 0.2) is 54.7 Å². The standard InChI is InChI=1S/C20H23NO3/c1-21-12-16(7-8-17(23)13-22)19-11-18(9-10-20(19)21)24-14-15-5-3-2-4-6-15/h2-6,9-12,17,22-23H,7-8,13-14H2,1H3. The molecular formula is C20H23NO3. The summed E-state index contributed by atoms with van der Waals surface area (Å²) in [6, 6.07) is 16.2. The van der Waals surface area contributed by atoms with Crippen LogP contribution >= 0.6 is 0 Å². The predicted molar refractivity (Wildman–Crippen MR) is 95.1 cm³/mol. The maximum Gasteiger partial charge on any atom is 0.120 e. The van der Waals surface area contributed by atoms with Crippen LogP contribution in [-0.2, 0) is 20.1 Å². The SMILES string of the molecule is Cn1cc(CCC(O)CO)c2cc(OCc3ccccc3)ccc21. The topological polar surface area (TPSA) is 54.6 Å². The van der Waals surface area contributed by atoms with E-state index < -0.39 is 6.10 Å². The zero-order valence-electron chi connectivity index (χ0n) is 13.9. The third kappa shape index (κ3) is 3.78. The van der Waals surface area contributed by atoms with E-state index in [1.165, 1.54) is 0 Å². The molecular weight excluding hydrogens is 302 g/mol. The number of aromatic nitrogens is 1. The Bertz CT molecular complexity index is 795. The van der Waals surface area contributed by atoms with Crippen LogP contribution in [0.1, 0.15) is 17.5 Å². The van der Waals surface area contributed by atoms with Crippen LogP contribution in [0, 0.1) is 0 Å². The van der Waals surface area contributed by atoms with Gasteiger partial charge in [-0.2, -0.15) is 0 Å². The highest BCUT2D eigenvalue weighted by Gasteiger charge is 2.10. The zero-order chi connectivity index (χ0) is 16.9. The van der Waals surface area contributed by atoms with Crippen molar-refractivity contribution in [3.8, 4) is 5.75 Å². The van der Waals surface area contributed by atoms with Gasteiger partial charge in [-0.25, -0.2) is 0 Å². The number of benzene rings is 2. The van der Waals surface area contributed by atoms with Gasteiger partial charge in [-0.15, -0.1) is 0 Å². The van der Waals surface area contributed by atoms with Gasteiger partial charge in [-0.3, -0.25) is 0 Å². The Kier molecular flexibility index (Phi) is 5.18. The molecule has 0 fully saturated rings. The van der Waals surface area contributed by atoms with E-state index in [2.05, 4.69) is 22.9 Å². The fraction of sp³-hybridized carbons (Fsp3) is 0.300. The number of ether oxygens (including phenoxy) is 1. The van der Waals surface area contributed by atoms with Crippen molar-refractivity contribution >= 4 is 10.9 Å². The summed E-state index contributed by atoms with van der Waals surface area (Å²) in [7, 11) is 2.01. The highest BCUT2D eigenvalue weighted by molar-refractivity contribution is 5.85. The maximum absolute atomic E-state index is 9.58. The molecule has 24 heavy (non-hydrogen) atoms. The summed E-state index contributed by atoms with van der Waals surface area (Å²) < 4.78 is 7.99. The first kappa shape index (κ1) is 16.6. The molecule has 0 spiro atoms. The number of hydrogen-bond acceptors (Lipinski definition) is 3. The van der Waals surface area contributed by atoms with E-state index in [-0.39, 0.29) is 6.61 Å². The molecule has 1 unspecified atom stereocenters. The molecule has 126 valence electrons. The second-order valence-corrected chi connectivity index (χ2v) is 6.09. The van der Waals surface area contributed by atoms with Crippen LogP contribution in [0.5, 0.6) is 5.75 Å².